The van der Waals surface area contributed by atoms with Crippen LogP contribution < -0.4 is 8.85 Å². The van der Waals surface area contributed by atoms with Gasteiger partial charge in [-0.05, 0) is 60.5 Å². The lowest BCUT2D eigenvalue weighted by atomic mass is 10.2. The smallest absolute Gasteiger partial charge is 0.302 e. The van der Waals surface area contributed by atoms with Gasteiger partial charge >= 0.3 is 11.9 Å². The molecular weight excluding hydrogens is 937 g/mol. The Labute approximate surface area is 444 Å². The van der Waals surface area contributed by atoms with Gasteiger partial charge in [0.2, 0.25) is 16.6 Å². The maximum absolute atomic E-state index is 10.9. The Bertz CT molecular complexity index is 1890. The molecule has 0 aliphatic heterocycles. The van der Waals surface area contributed by atoms with Crippen LogP contribution in [0.2, 0.25) is 36.3 Å². The quantitative estimate of drug-likeness (QED) is 0.104. The molecule has 0 aliphatic rings. The number of methoxy groups -OCH3 is 2. The Morgan fingerprint density at radius 2 is 0.653 bits per heavy atom. The van der Waals surface area contributed by atoms with E-state index in [2.05, 4.69) is 129 Å². The van der Waals surface area contributed by atoms with E-state index in [0.717, 1.165) is 28.2 Å². The van der Waals surface area contributed by atoms with E-state index in [1.54, 1.807) is 50.6 Å². The third-order valence-corrected chi connectivity index (χ3v) is 18.4. The monoisotopic (exact) mass is 1040 g/mol. The molecule has 0 unspecified atom stereocenters. The number of para-hydroxylation sites is 4. The second-order valence-corrected chi connectivity index (χ2v) is 28.9. The number of carbonyl (C=O) groups excluding carboxylic acids is 2. The van der Waals surface area contributed by atoms with Crippen molar-refractivity contribution in [2.45, 2.75) is 214 Å². The molecule has 0 radical (unpaired) electrons. The summed E-state index contributed by atoms with van der Waals surface area (Å²) in [5.74, 6) is 1.62. The average Bonchev–Trinajstić information content (AvgIpc) is 3.26. The summed E-state index contributed by atoms with van der Waals surface area (Å²) < 4.78 is 32.4. The number of esters is 2. The zero-order valence-corrected chi connectivity index (χ0v) is 50.1. The second kappa shape index (κ2) is 45.0. The van der Waals surface area contributed by atoms with E-state index in [0.29, 0.717) is 24.5 Å². The Hall–Kier alpha value is -4.63. The first-order chi connectivity index (χ1) is 32.6. The zero-order valence-electron chi connectivity index (χ0n) is 48.1. The minimum atomic E-state index is -1.87. The molecule has 0 saturated carbocycles. The van der Waals surface area contributed by atoms with Crippen LogP contribution in [-0.4, -0.2) is 53.0 Å². The van der Waals surface area contributed by atoms with Crippen LogP contribution in [0.4, 0.5) is 0 Å². The lowest BCUT2D eigenvalue weighted by Gasteiger charge is -2.37. The SMILES string of the molecule is C.C.CC(=O)OCc1ccccc1O.CC(=O)OCc1ccccc1O[Si](C)(C)C(C)(C)C.CCC.CCC.CCC.CCC.COCc1ccccc1O.COCc1ccccc1O[Si](C)(C)C(C)(C)C. The molecule has 4 rings (SSSR count). The van der Waals surface area contributed by atoms with Crippen LogP contribution in [0.3, 0.4) is 0 Å². The van der Waals surface area contributed by atoms with Crippen molar-refractivity contribution in [1.82, 2.24) is 0 Å². The number of carbonyl (C=O) groups is 2. The highest BCUT2D eigenvalue weighted by molar-refractivity contribution is 6.75. The summed E-state index contributed by atoms with van der Waals surface area (Å²) in [5.41, 5.74) is 3.49. The predicted molar refractivity (Wildman–Crippen MR) is 314 cm³/mol. The van der Waals surface area contributed by atoms with E-state index in [1.165, 1.54) is 39.5 Å². The third kappa shape index (κ3) is 39.0. The van der Waals surface area contributed by atoms with Crippen LogP contribution in [0.15, 0.2) is 97.1 Å². The average molecular weight is 1050 g/mol. The van der Waals surface area contributed by atoms with Crippen molar-refractivity contribution < 1.29 is 47.6 Å². The van der Waals surface area contributed by atoms with Gasteiger partial charge in [-0.3, -0.25) is 9.59 Å². The maximum atomic E-state index is 10.9. The molecular formula is C60H108O10Si2. The summed E-state index contributed by atoms with van der Waals surface area (Å²) in [7, 11) is -0.320. The predicted octanol–water partition coefficient (Wildman–Crippen LogP) is 18.3. The molecule has 4 aromatic rings. The summed E-state index contributed by atoms with van der Waals surface area (Å²) >= 11 is 0. The van der Waals surface area contributed by atoms with Crippen LogP contribution in [0.1, 0.15) is 174 Å². The third-order valence-electron chi connectivity index (χ3n) is 9.73. The van der Waals surface area contributed by atoms with Gasteiger partial charge in [0, 0.05) is 50.3 Å². The van der Waals surface area contributed by atoms with Crippen molar-refractivity contribution in [2.24, 2.45) is 0 Å². The molecule has 0 spiro atoms. The minimum absolute atomic E-state index is 0. The maximum Gasteiger partial charge on any atom is 0.302 e. The standard InChI is InChI=1S/C15H24O3Si.C14H24O2Si.C9H10O3.C8H10O2.4C3H8.2CH4/c1-12(16)17-11-13-9-7-8-10-14(13)18-19(5,6)15(2,3)4;1-14(2,3)17(5,6)16-13-10-8-7-9-12(13)11-15-4;1-7(10)12-6-8-4-2-3-5-9(8)11;1-10-6-7-4-2-3-5-8(7)9;4*1-3-2;;/h7-10H,11H2,1-6H3;7-10H,11H2,1-6H3;2-5,11H,6H2,1H3;2-5,9H,6H2,1H3;4*3H2,1-2H3;2*1H4. The van der Waals surface area contributed by atoms with Gasteiger partial charge in [-0.25, -0.2) is 0 Å². The summed E-state index contributed by atoms with van der Waals surface area (Å²) in [5, 5.41) is 18.7. The highest BCUT2D eigenvalue weighted by Gasteiger charge is 2.40. The highest BCUT2D eigenvalue weighted by atomic mass is 28.4. The molecule has 72 heavy (non-hydrogen) atoms. The van der Waals surface area contributed by atoms with Gasteiger partial charge in [-0.2, -0.15) is 0 Å². The van der Waals surface area contributed by atoms with E-state index in [9.17, 15) is 14.7 Å². The van der Waals surface area contributed by atoms with E-state index in [4.69, 9.17) is 32.9 Å². The number of ether oxygens (including phenoxy) is 4. The first kappa shape index (κ1) is 78.8. The molecule has 0 heterocycles. The molecule has 0 amide bonds. The largest absolute Gasteiger partial charge is 0.543 e. The van der Waals surface area contributed by atoms with E-state index in [-0.39, 0.29) is 55.8 Å². The Balaban J connectivity index is -0.000000189. The first-order valence-electron chi connectivity index (χ1n) is 24.9. The number of hydrogen-bond donors (Lipinski definition) is 2. The number of aromatic hydroxyl groups is 2. The minimum Gasteiger partial charge on any atom is -0.543 e. The molecule has 2 N–H and O–H groups in total. The number of phenolic OH excluding ortho intramolecular Hbond substituents is 2. The molecule has 0 aromatic heterocycles. The molecule has 12 heteroatoms. The number of rotatable bonds is 12. The number of phenols is 2. The van der Waals surface area contributed by atoms with Gasteiger partial charge in [0.05, 0.1) is 13.2 Å². The van der Waals surface area contributed by atoms with Crippen LogP contribution in [-0.2, 0) is 55.0 Å². The van der Waals surface area contributed by atoms with Crippen molar-refractivity contribution in [3.63, 3.8) is 0 Å². The molecule has 416 valence electrons. The van der Waals surface area contributed by atoms with E-state index < -0.39 is 16.6 Å². The zero-order chi connectivity index (χ0) is 55.0. The summed E-state index contributed by atoms with van der Waals surface area (Å²) in [4.78, 5) is 21.3. The normalized spacial score (nSPS) is 10.1. The van der Waals surface area contributed by atoms with Gasteiger partial charge in [-0.15, -0.1) is 0 Å². The van der Waals surface area contributed by atoms with Crippen LogP contribution in [0.5, 0.6) is 23.0 Å². The van der Waals surface area contributed by atoms with Crippen molar-refractivity contribution in [1.29, 1.82) is 0 Å². The fourth-order valence-electron chi connectivity index (χ4n) is 4.24. The Morgan fingerprint density at radius 1 is 0.431 bits per heavy atom. The van der Waals surface area contributed by atoms with Crippen LogP contribution in [0.25, 0.3) is 0 Å². The van der Waals surface area contributed by atoms with E-state index >= 15 is 0 Å². The number of benzene rings is 4. The Morgan fingerprint density at radius 3 is 0.917 bits per heavy atom. The van der Waals surface area contributed by atoms with E-state index in [1.807, 2.05) is 54.6 Å². The van der Waals surface area contributed by atoms with Gasteiger partial charge in [0.1, 0.15) is 36.2 Å². The number of hydrogen-bond acceptors (Lipinski definition) is 10. The summed E-state index contributed by atoms with van der Waals surface area (Å²) in [6.45, 7) is 43.5. The molecule has 0 fully saturated rings. The molecule has 10 nitrogen and oxygen atoms in total. The van der Waals surface area contributed by atoms with Crippen molar-refractivity contribution in [2.75, 3.05) is 14.2 Å². The Kier molecular flexibility index (Phi) is 49.3. The van der Waals surface area contributed by atoms with Crippen molar-refractivity contribution in [3.8, 4) is 23.0 Å². The summed E-state index contributed by atoms with van der Waals surface area (Å²) in [6.07, 6.45) is 5.00. The summed E-state index contributed by atoms with van der Waals surface area (Å²) in [6, 6.07) is 29.8. The lowest BCUT2D eigenvalue weighted by molar-refractivity contribution is -0.143. The van der Waals surface area contributed by atoms with Gasteiger partial charge in [-0.1, -0.05) is 210 Å². The van der Waals surface area contributed by atoms with Crippen LogP contribution >= 0.6 is 0 Å². The molecule has 0 saturated heterocycles. The molecule has 0 bridgehead atoms. The highest BCUT2D eigenvalue weighted by Crippen LogP contribution is 2.39. The lowest BCUT2D eigenvalue weighted by Crippen LogP contribution is -2.44. The topological polar surface area (TPSA) is 130 Å². The molecule has 0 aliphatic carbocycles. The first-order valence-corrected chi connectivity index (χ1v) is 30.7. The second-order valence-electron chi connectivity index (χ2n) is 19.5. The van der Waals surface area contributed by atoms with Gasteiger partial charge in [0.15, 0.2) is 0 Å². The van der Waals surface area contributed by atoms with Gasteiger partial charge in [0.25, 0.3) is 0 Å². The fraction of sp³-hybridized carbons (Fsp3) is 0.567. The molecule has 4 aromatic carbocycles. The molecule has 0 atom stereocenters. The van der Waals surface area contributed by atoms with Crippen LogP contribution in [0, 0.1) is 0 Å². The fourth-order valence-corrected chi connectivity index (χ4v) is 6.35. The van der Waals surface area contributed by atoms with Crippen molar-refractivity contribution in [3.05, 3.63) is 119 Å². The van der Waals surface area contributed by atoms with Gasteiger partial charge < -0.3 is 38.0 Å². The van der Waals surface area contributed by atoms with Crippen molar-refractivity contribution >= 4 is 28.6 Å².